The molecule has 1 aliphatic heterocycles. The number of hydrogen-bond donors (Lipinski definition) is 2. The van der Waals surface area contributed by atoms with E-state index in [-0.39, 0.29) is 28.3 Å². The highest BCUT2D eigenvalue weighted by Gasteiger charge is 2.20. The first kappa shape index (κ1) is 14.9. The molecule has 0 unspecified atom stereocenters. The van der Waals surface area contributed by atoms with Crippen molar-refractivity contribution >= 4 is 27.7 Å². The molecule has 1 saturated heterocycles. The van der Waals surface area contributed by atoms with E-state index in [0.29, 0.717) is 19.6 Å². The zero-order chi connectivity index (χ0) is 14.8. The molecular weight excluding hydrogens is 306 g/mol. The van der Waals surface area contributed by atoms with Crippen LogP contribution in [0, 0.1) is 0 Å². The highest BCUT2D eigenvalue weighted by Crippen LogP contribution is 2.26. The van der Waals surface area contributed by atoms with Gasteiger partial charge in [-0.1, -0.05) is 11.6 Å². The largest absolute Gasteiger partial charge is 0.490 e. The third-order valence-corrected chi connectivity index (χ3v) is 3.94. The molecule has 20 heavy (non-hydrogen) atoms. The Labute approximate surface area is 121 Å². The minimum absolute atomic E-state index is 0.122. The predicted molar refractivity (Wildman–Crippen MR) is 73.3 cm³/mol. The van der Waals surface area contributed by atoms with Crippen LogP contribution >= 0.6 is 11.6 Å². The molecule has 2 rings (SSSR count). The second-order valence-electron chi connectivity index (χ2n) is 4.20. The first-order valence-corrected chi connectivity index (χ1v) is 7.78. The number of nitrogens with zero attached hydrogens (tertiary/aromatic N) is 1. The first-order chi connectivity index (χ1) is 9.38. The summed E-state index contributed by atoms with van der Waals surface area (Å²) in [4.78, 5) is 12.7. The van der Waals surface area contributed by atoms with Gasteiger partial charge in [-0.25, -0.2) is 18.4 Å². The fraction of sp³-hybridized carbons (Fsp3) is 0.364. The molecule has 1 aromatic rings. The maximum Gasteiger partial charge on any atom is 0.317 e. The van der Waals surface area contributed by atoms with E-state index in [1.165, 1.54) is 18.2 Å². The third-order valence-electron chi connectivity index (χ3n) is 2.78. The Bertz CT molecular complexity index is 620. The molecule has 0 radical (unpaired) electrons. The summed E-state index contributed by atoms with van der Waals surface area (Å²) in [5.41, 5.74) is 0. The van der Waals surface area contributed by atoms with Gasteiger partial charge in [-0.2, -0.15) is 0 Å². The summed E-state index contributed by atoms with van der Waals surface area (Å²) in [5, 5.41) is 8.01. The van der Waals surface area contributed by atoms with Crippen LogP contribution in [-0.2, 0) is 10.0 Å². The summed E-state index contributed by atoms with van der Waals surface area (Å²) in [6.07, 6.45) is 0. The van der Waals surface area contributed by atoms with Gasteiger partial charge in [-0.3, -0.25) is 0 Å². The normalized spacial score (nSPS) is 15.3. The number of carbonyl (C=O) groups excluding carboxylic acids is 1. The molecule has 9 heteroatoms. The number of nitrogens with one attached hydrogen (secondary N) is 1. The minimum Gasteiger partial charge on any atom is -0.490 e. The van der Waals surface area contributed by atoms with E-state index in [4.69, 9.17) is 21.5 Å². The molecule has 0 saturated carbocycles. The van der Waals surface area contributed by atoms with Crippen molar-refractivity contribution in [1.29, 1.82) is 0 Å². The number of nitrogens with two attached hydrogens (primary N) is 1. The van der Waals surface area contributed by atoms with Crippen LogP contribution in [0.25, 0.3) is 0 Å². The van der Waals surface area contributed by atoms with Crippen LogP contribution in [0.1, 0.15) is 0 Å². The molecule has 0 bridgehead atoms. The van der Waals surface area contributed by atoms with Gasteiger partial charge in [0.2, 0.25) is 10.0 Å². The van der Waals surface area contributed by atoms with E-state index >= 15 is 0 Å². The molecule has 0 spiro atoms. The predicted octanol–water partition coefficient (Wildman–Crippen LogP) is 0.391. The van der Waals surface area contributed by atoms with Crippen LogP contribution in [0.5, 0.6) is 5.75 Å². The van der Waals surface area contributed by atoms with Crippen molar-refractivity contribution in [2.45, 2.75) is 4.90 Å². The summed E-state index contributed by atoms with van der Waals surface area (Å²) in [6.45, 7) is 1.73. The Balaban J connectivity index is 2.04. The Hall–Kier alpha value is -1.51. The van der Waals surface area contributed by atoms with Crippen molar-refractivity contribution in [2.24, 2.45) is 5.14 Å². The number of rotatable bonds is 5. The second kappa shape index (κ2) is 5.86. The monoisotopic (exact) mass is 319 g/mol. The van der Waals surface area contributed by atoms with Crippen molar-refractivity contribution in [1.82, 2.24) is 10.2 Å². The Morgan fingerprint density at radius 3 is 2.80 bits per heavy atom. The van der Waals surface area contributed by atoms with E-state index in [1.807, 2.05) is 0 Å². The average molecular weight is 320 g/mol. The zero-order valence-electron chi connectivity index (χ0n) is 10.5. The Kier molecular flexibility index (Phi) is 4.36. The molecule has 1 heterocycles. The molecular formula is C11H14ClN3O4S. The number of carbonyl (C=O) groups is 1. The molecule has 1 fully saturated rings. The number of hydrogen-bond acceptors (Lipinski definition) is 4. The summed E-state index contributed by atoms with van der Waals surface area (Å²) in [6, 6.07) is 4.02. The van der Waals surface area contributed by atoms with Gasteiger partial charge in [0.1, 0.15) is 17.3 Å². The Morgan fingerprint density at radius 2 is 2.20 bits per heavy atom. The van der Waals surface area contributed by atoms with E-state index < -0.39 is 10.0 Å². The second-order valence-corrected chi connectivity index (χ2v) is 6.17. The third kappa shape index (κ3) is 3.53. The molecule has 0 atom stereocenters. The number of urea groups is 1. The maximum absolute atomic E-state index is 11.4. The molecule has 0 aliphatic carbocycles. The quantitative estimate of drug-likeness (QED) is 0.819. The molecule has 2 amide bonds. The number of amides is 2. The molecule has 3 N–H and O–H groups in total. The average Bonchev–Trinajstić information content (AvgIpc) is 2.76. The lowest BCUT2D eigenvalue weighted by molar-refractivity contribution is 0.201. The molecule has 7 nitrogen and oxygen atoms in total. The van der Waals surface area contributed by atoms with Crippen LogP contribution in [0.3, 0.4) is 0 Å². The number of halogens is 1. The van der Waals surface area contributed by atoms with Gasteiger partial charge in [-0.05, 0) is 18.2 Å². The lowest BCUT2D eigenvalue weighted by Crippen LogP contribution is -2.32. The fourth-order valence-electron chi connectivity index (χ4n) is 1.81. The highest BCUT2D eigenvalue weighted by atomic mass is 35.5. The minimum atomic E-state index is -3.92. The molecule has 110 valence electrons. The van der Waals surface area contributed by atoms with Crippen molar-refractivity contribution in [2.75, 3.05) is 26.2 Å². The lowest BCUT2D eigenvalue weighted by Gasteiger charge is -2.15. The summed E-state index contributed by atoms with van der Waals surface area (Å²) in [5.74, 6) is 0.122. The van der Waals surface area contributed by atoms with E-state index in [0.717, 1.165) is 0 Å². The van der Waals surface area contributed by atoms with Gasteiger partial charge in [0.05, 0.1) is 6.54 Å². The van der Waals surface area contributed by atoms with E-state index in [1.54, 1.807) is 4.90 Å². The van der Waals surface area contributed by atoms with Gasteiger partial charge in [0, 0.05) is 18.1 Å². The SMILES string of the molecule is NS(=O)(=O)c1cc(Cl)ccc1OCCN1CCNC1=O. The highest BCUT2D eigenvalue weighted by molar-refractivity contribution is 7.89. The number of primary sulfonamides is 1. The summed E-state index contributed by atoms with van der Waals surface area (Å²) in [7, 11) is -3.92. The van der Waals surface area contributed by atoms with E-state index in [2.05, 4.69) is 5.32 Å². The van der Waals surface area contributed by atoms with Gasteiger partial charge >= 0.3 is 6.03 Å². The Morgan fingerprint density at radius 1 is 1.45 bits per heavy atom. The summed E-state index contributed by atoms with van der Waals surface area (Å²) >= 11 is 5.74. The van der Waals surface area contributed by atoms with Crippen molar-refractivity contribution in [3.8, 4) is 5.75 Å². The number of sulfonamides is 1. The first-order valence-electron chi connectivity index (χ1n) is 5.86. The van der Waals surface area contributed by atoms with Gasteiger partial charge in [0.25, 0.3) is 0 Å². The lowest BCUT2D eigenvalue weighted by atomic mass is 10.3. The fourth-order valence-corrected chi connectivity index (χ4v) is 2.75. The van der Waals surface area contributed by atoms with Crippen LogP contribution in [0.2, 0.25) is 5.02 Å². The van der Waals surface area contributed by atoms with Crippen molar-refractivity contribution < 1.29 is 17.9 Å². The van der Waals surface area contributed by atoms with Crippen molar-refractivity contribution in [3.05, 3.63) is 23.2 Å². The van der Waals surface area contributed by atoms with E-state index in [9.17, 15) is 13.2 Å². The zero-order valence-corrected chi connectivity index (χ0v) is 12.1. The molecule has 0 aromatic heterocycles. The maximum atomic E-state index is 11.4. The topological polar surface area (TPSA) is 102 Å². The van der Waals surface area contributed by atoms with Gasteiger partial charge in [0.15, 0.2) is 0 Å². The number of benzene rings is 1. The van der Waals surface area contributed by atoms with Gasteiger partial charge in [-0.15, -0.1) is 0 Å². The number of ether oxygens (including phenoxy) is 1. The van der Waals surface area contributed by atoms with Gasteiger partial charge < -0.3 is 15.0 Å². The van der Waals surface area contributed by atoms with Crippen LogP contribution in [0.4, 0.5) is 4.79 Å². The van der Waals surface area contributed by atoms with Crippen molar-refractivity contribution in [3.63, 3.8) is 0 Å². The van der Waals surface area contributed by atoms with Crippen LogP contribution in [0.15, 0.2) is 23.1 Å². The standard InChI is InChI=1S/C11H14ClN3O4S/c12-8-1-2-9(10(7-8)20(13,17)18)19-6-5-15-4-3-14-11(15)16/h1-2,7H,3-6H2,(H,14,16)(H2,13,17,18). The van der Waals surface area contributed by atoms with Crippen LogP contribution in [-0.4, -0.2) is 45.6 Å². The smallest absolute Gasteiger partial charge is 0.317 e. The molecule has 1 aliphatic rings. The molecule has 1 aromatic carbocycles. The summed E-state index contributed by atoms with van der Waals surface area (Å²) < 4.78 is 28.3. The van der Waals surface area contributed by atoms with Crippen LogP contribution < -0.4 is 15.2 Å².